The summed E-state index contributed by atoms with van der Waals surface area (Å²) >= 11 is 6.09. The molecule has 2 heterocycles. The van der Waals surface area contributed by atoms with Gasteiger partial charge in [-0.1, -0.05) is 23.5 Å². The maximum absolute atomic E-state index is 11.9. The van der Waals surface area contributed by atoms with Gasteiger partial charge in [-0.25, -0.2) is 5.43 Å². The van der Waals surface area contributed by atoms with Crippen molar-refractivity contribution >= 4 is 60.6 Å². The molecule has 24 heavy (non-hydrogen) atoms. The number of thiazole rings is 1. The lowest BCUT2D eigenvalue weighted by atomic mass is 10.3. The molecular weight excluding hydrogens is 412 g/mol. The topological polar surface area (TPSA) is 75.5 Å². The highest BCUT2D eigenvalue weighted by Crippen LogP contribution is 2.21. The van der Waals surface area contributed by atoms with Crippen molar-refractivity contribution in [2.75, 3.05) is 6.54 Å². The maximum Gasteiger partial charge on any atom is 0.261 e. The van der Waals surface area contributed by atoms with Crippen molar-refractivity contribution in [3.63, 3.8) is 0 Å². The molecule has 0 bridgehead atoms. The zero-order valence-electron chi connectivity index (χ0n) is 12.6. The number of aryl methyl sites for hydroxylation is 1. The number of rotatable bonds is 4. The van der Waals surface area contributed by atoms with Crippen molar-refractivity contribution in [2.45, 2.75) is 0 Å². The smallest absolute Gasteiger partial charge is 0.261 e. The number of thiophene rings is 1. The highest BCUT2D eigenvalue weighted by molar-refractivity contribution is 9.11. The van der Waals surface area contributed by atoms with Crippen LogP contribution in [-0.2, 0) is 11.8 Å². The highest BCUT2D eigenvalue weighted by atomic mass is 79.9. The third kappa shape index (κ3) is 3.74. The maximum atomic E-state index is 11.9. The largest absolute Gasteiger partial charge is 0.342 e. The van der Waals surface area contributed by atoms with Crippen LogP contribution in [0.5, 0.6) is 0 Å². The molecule has 3 rings (SSSR count). The lowest BCUT2D eigenvalue weighted by Gasteiger charge is -2.02. The zero-order chi connectivity index (χ0) is 17.1. The predicted molar refractivity (Wildman–Crippen MR) is 98.9 cm³/mol. The van der Waals surface area contributed by atoms with E-state index in [9.17, 15) is 9.59 Å². The Morgan fingerprint density at radius 3 is 2.71 bits per heavy atom. The summed E-state index contributed by atoms with van der Waals surface area (Å²) in [6.45, 7) is -0.132. The number of nitrogens with one attached hydrogen (secondary N) is 2. The van der Waals surface area contributed by atoms with E-state index >= 15 is 0 Å². The van der Waals surface area contributed by atoms with Crippen molar-refractivity contribution in [3.05, 3.63) is 49.9 Å². The van der Waals surface area contributed by atoms with Crippen LogP contribution in [0, 0.1) is 0 Å². The Hall–Kier alpha value is -1.97. The summed E-state index contributed by atoms with van der Waals surface area (Å²) < 4.78 is 3.86. The molecule has 0 aliphatic rings. The second-order valence-corrected chi connectivity index (χ2v) is 8.32. The van der Waals surface area contributed by atoms with Gasteiger partial charge in [-0.2, -0.15) is 0 Å². The molecule has 0 aliphatic carbocycles. The van der Waals surface area contributed by atoms with Gasteiger partial charge in [0, 0.05) is 7.05 Å². The first-order valence-corrected chi connectivity index (χ1v) is 9.38. The molecule has 0 spiro atoms. The molecule has 0 aliphatic heterocycles. The Bertz CT molecular complexity index is 973. The number of aromatic nitrogens is 1. The summed E-state index contributed by atoms with van der Waals surface area (Å²) in [5.41, 5.74) is 3.52. The average molecular weight is 425 g/mol. The molecule has 0 saturated carbocycles. The SMILES string of the molecule is Cn1/c(=N/NC(=O)CNC(=O)c2ccc(Br)s2)sc2ccccc21. The number of benzene rings is 1. The van der Waals surface area contributed by atoms with Gasteiger partial charge in [0.1, 0.15) is 0 Å². The fraction of sp³-hybridized carbons (Fsp3) is 0.133. The van der Waals surface area contributed by atoms with Crippen LogP contribution in [0.15, 0.2) is 45.3 Å². The van der Waals surface area contributed by atoms with E-state index in [4.69, 9.17) is 0 Å². The number of para-hydroxylation sites is 1. The van der Waals surface area contributed by atoms with E-state index in [2.05, 4.69) is 31.8 Å². The zero-order valence-corrected chi connectivity index (χ0v) is 15.8. The number of hydrogen-bond acceptors (Lipinski definition) is 5. The van der Waals surface area contributed by atoms with Crippen LogP contribution >= 0.6 is 38.6 Å². The molecule has 124 valence electrons. The van der Waals surface area contributed by atoms with Crippen molar-refractivity contribution in [3.8, 4) is 0 Å². The minimum absolute atomic E-state index is 0.132. The van der Waals surface area contributed by atoms with Crippen LogP contribution in [0.3, 0.4) is 0 Å². The van der Waals surface area contributed by atoms with E-state index in [-0.39, 0.29) is 18.4 Å². The fourth-order valence-corrected chi connectivity index (χ4v) is 4.30. The highest BCUT2D eigenvalue weighted by Gasteiger charge is 2.10. The third-order valence-corrected chi connectivity index (χ3v) is 5.93. The summed E-state index contributed by atoms with van der Waals surface area (Å²) in [4.78, 5) is 25.0. The van der Waals surface area contributed by atoms with Gasteiger partial charge in [-0.15, -0.1) is 16.4 Å². The lowest BCUT2D eigenvalue weighted by molar-refractivity contribution is -0.120. The molecule has 2 aromatic heterocycles. The number of carbonyl (C=O) groups is 2. The van der Waals surface area contributed by atoms with Gasteiger partial charge >= 0.3 is 0 Å². The van der Waals surface area contributed by atoms with E-state index < -0.39 is 0 Å². The quantitative estimate of drug-likeness (QED) is 0.630. The molecular formula is C15H13BrN4O2S2. The number of amides is 2. The van der Waals surface area contributed by atoms with Crippen molar-refractivity contribution in [1.29, 1.82) is 0 Å². The van der Waals surface area contributed by atoms with Crippen molar-refractivity contribution in [2.24, 2.45) is 12.1 Å². The first-order valence-electron chi connectivity index (χ1n) is 6.95. The third-order valence-electron chi connectivity index (χ3n) is 3.20. The monoisotopic (exact) mass is 424 g/mol. The summed E-state index contributed by atoms with van der Waals surface area (Å²) in [5.74, 6) is -0.662. The Kier molecular flexibility index (Phi) is 5.12. The lowest BCUT2D eigenvalue weighted by Crippen LogP contribution is -2.35. The van der Waals surface area contributed by atoms with E-state index in [1.54, 1.807) is 12.1 Å². The van der Waals surface area contributed by atoms with Gasteiger partial charge in [-0.3, -0.25) is 9.59 Å². The molecule has 1 aromatic carbocycles. The molecule has 9 heteroatoms. The molecule has 0 atom stereocenters. The standard InChI is InChI=1S/C15H13BrN4O2S2/c1-20-9-4-2-3-5-10(9)24-15(20)19-18-13(21)8-17-14(22)11-6-7-12(16)23-11/h2-7H,8H2,1H3,(H,17,22)(H,18,21)/b19-15-. The van der Waals surface area contributed by atoms with E-state index in [1.165, 1.54) is 22.7 Å². The molecule has 0 unspecified atom stereocenters. The second kappa shape index (κ2) is 7.29. The van der Waals surface area contributed by atoms with Gasteiger partial charge < -0.3 is 9.88 Å². The minimum atomic E-state index is -0.378. The van der Waals surface area contributed by atoms with Gasteiger partial charge in [-0.05, 0) is 40.2 Å². The molecule has 2 amide bonds. The van der Waals surface area contributed by atoms with Gasteiger partial charge in [0.15, 0.2) is 0 Å². The van der Waals surface area contributed by atoms with Crippen LogP contribution < -0.4 is 15.5 Å². The Morgan fingerprint density at radius 1 is 1.21 bits per heavy atom. The molecule has 2 N–H and O–H groups in total. The first kappa shape index (κ1) is 16.9. The average Bonchev–Trinajstić information content (AvgIpc) is 3.15. The van der Waals surface area contributed by atoms with Gasteiger partial charge in [0.2, 0.25) is 4.80 Å². The normalized spacial score (nSPS) is 11.7. The Labute approximate surface area is 153 Å². The second-order valence-electron chi connectivity index (χ2n) is 4.84. The van der Waals surface area contributed by atoms with Crippen LogP contribution in [-0.4, -0.2) is 22.9 Å². The summed E-state index contributed by atoms with van der Waals surface area (Å²) in [7, 11) is 1.89. The number of nitrogens with zero attached hydrogens (tertiary/aromatic N) is 2. The molecule has 0 saturated heterocycles. The van der Waals surface area contributed by atoms with E-state index in [0.29, 0.717) is 9.68 Å². The number of hydrogen-bond donors (Lipinski definition) is 2. The number of carbonyl (C=O) groups excluding carboxylic acids is 2. The molecule has 3 aromatic rings. The Morgan fingerprint density at radius 2 is 2.00 bits per heavy atom. The molecule has 6 nitrogen and oxygen atoms in total. The number of fused-ring (bicyclic) bond motifs is 1. The summed E-state index contributed by atoms with van der Waals surface area (Å²) in [5, 5.41) is 6.69. The van der Waals surface area contributed by atoms with Crippen molar-refractivity contribution < 1.29 is 9.59 Å². The Balaban J connectivity index is 1.62. The fourth-order valence-electron chi connectivity index (χ4n) is 2.02. The van der Waals surface area contributed by atoms with E-state index in [1.807, 2.05) is 35.9 Å². The van der Waals surface area contributed by atoms with E-state index in [0.717, 1.165) is 14.0 Å². The van der Waals surface area contributed by atoms with Crippen LogP contribution in [0.1, 0.15) is 9.67 Å². The van der Waals surface area contributed by atoms with Crippen LogP contribution in [0.4, 0.5) is 0 Å². The van der Waals surface area contributed by atoms with Crippen molar-refractivity contribution in [1.82, 2.24) is 15.3 Å². The van der Waals surface area contributed by atoms with Gasteiger partial charge in [0.25, 0.3) is 11.8 Å². The summed E-state index contributed by atoms with van der Waals surface area (Å²) in [6, 6.07) is 11.4. The predicted octanol–water partition coefficient (Wildman–Crippen LogP) is 2.43. The minimum Gasteiger partial charge on any atom is -0.342 e. The van der Waals surface area contributed by atoms with Gasteiger partial charge in [0.05, 0.1) is 25.4 Å². The molecule has 0 radical (unpaired) electrons. The molecule has 0 fully saturated rings. The first-order chi connectivity index (χ1) is 11.5. The summed E-state index contributed by atoms with van der Waals surface area (Å²) in [6.07, 6.45) is 0. The number of halogens is 1. The van der Waals surface area contributed by atoms with Crippen LogP contribution in [0.2, 0.25) is 0 Å². The van der Waals surface area contributed by atoms with Crippen LogP contribution in [0.25, 0.3) is 10.2 Å².